The molecule has 0 aliphatic carbocycles. The normalized spacial score (nSPS) is 22.8. The molecule has 0 radical (unpaired) electrons. The van der Waals surface area contributed by atoms with Crippen molar-refractivity contribution >= 4 is 30.3 Å². The molecule has 2 fully saturated rings. The van der Waals surface area contributed by atoms with E-state index in [1.54, 1.807) is 0 Å². The molecule has 196 valence electrons. The number of fused-ring (bicyclic) bond motifs is 1. The van der Waals surface area contributed by atoms with E-state index in [2.05, 4.69) is 73.9 Å². The van der Waals surface area contributed by atoms with Crippen LogP contribution in [0.15, 0.2) is 66.9 Å². The second-order valence-electron chi connectivity index (χ2n) is 10.5. The second kappa shape index (κ2) is 10.9. The van der Waals surface area contributed by atoms with E-state index in [4.69, 9.17) is 12.6 Å². The molecule has 7 nitrogen and oxygen atoms in total. The third-order valence-electron chi connectivity index (χ3n) is 7.99. The fraction of sp³-hybridized carbons (Fsp3) is 0.367. The number of amides is 2. The zero-order valence-corrected chi connectivity index (χ0v) is 22.2. The van der Waals surface area contributed by atoms with Crippen molar-refractivity contribution in [2.45, 2.75) is 56.2 Å². The highest BCUT2D eigenvalue weighted by Gasteiger charge is 2.39. The van der Waals surface area contributed by atoms with Crippen molar-refractivity contribution in [2.75, 3.05) is 18.4 Å². The number of rotatable bonds is 6. The molecular weight excluding hydrogens is 494 g/mol. The lowest BCUT2D eigenvalue weighted by atomic mass is 10.0. The highest BCUT2D eigenvalue weighted by Crippen LogP contribution is 2.40. The molecule has 3 aliphatic heterocycles. The number of carbonyl (C=O) groups is 2. The van der Waals surface area contributed by atoms with E-state index in [0.29, 0.717) is 25.4 Å². The molecule has 3 aromatic rings. The number of pyridine rings is 1. The van der Waals surface area contributed by atoms with Gasteiger partial charge < -0.3 is 5.32 Å². The van der Waals surface area contributed by atoms with Gasteiger partial charge in [0.2, 0.25) is 11.8 Å². The molecule has 2 atom stereocenters. The molecule has 2 unspecified atom stereocenters. The van der Waals surface area contributed by atoms with Gasteiger partial charge in [-0.25, -0.2) is 4.98 Å². The van der Waals surface area contributed by atoms with Crippen molar-refractivity contribution < 1.29 is 9.59 Å². The van der Waals surface area contributed by atoms with E-state index in [1.165, 1.54) is 22.3 Å². The lowest BCUT2D eigenvalue weighted by molar-refractivity contribution is -0.137. The standard InChI is InChI=1S/C30H33N5O2S/c36-27-11-10-26(29(37)33-27)35-19-22-9-8-20(17-25(22)30(35)38)18-34-15-12-23(13-16-34)32-28-24(7-4-14-31-28)21-5-2-1-3-6-21/h1-9,14,17,23,26,30,38H,10-13,15-16,18-19H2,(H,31,32)(H,33,36,37). The van der Waals surface area contributed by atoms with Crippen LogP contribution in [0.2, 0.25) is 0 Å². The molecule has 2 amide bonds. The number of likely N-dealkylation sites (tertiary alicyclic amines) is 1. The summed E-state index contributed by atoms with van der Waals surface area (Å²) in [5.74, 6) is 0.569. The largest absolute Gasteiger partial charge is 0.367 e. The molecule has 0 bridgehead atoms. The maximum atomic E-state index is 12.4. The number of nitrogens with zero attached hydrogens (tertiary/aromatic N) is 3. The van der Waals surface area contributed by atoms with Crippen LogP contribution in [0.3, 0.4) is 0 Å². The molecular formula is C30H33N5O2S. The summed E-state index contributed by atoms with van der Waals surface area (Å²) in [6.45, 7) is 3.63. The Balaban J connectivity index is 1.06. The third kappa shape index (κ3) is 5.21. The molecule has 1 aromatic heterocycles. The summed E-state index contributed by atoms with van der Waals surface area (Å²) in [5.41, 5.74) is 5.98. The minimum atomic E-state index is -0.306. The molecule has 2 aromatic carbocycles. The predicted molar refractivity (Wildman–Crippen MR) is 151 cm³/mol. The van der Waals surface area contributed by atoms with Crippen molar-refractivity contribution in [3.63, 3.8) is 0 Å². The van der Waals surface area contributed by atoms with Crippen LogP contribution in [0.25, 0.3) is 11.1 Å². The summed E-state index contributed by atoms with van der Waals surface area (Å²) >= 11 is 4.88. The first-order valence-corrected chi connectivity index (χ1v) is 14.0. The predicted octanol–water partition coefficient (Wildman–Crippen LogP) is 4.37. The molecule has 0 saturated carbocycles. The van der Waals surface area contributed by atoms with Crippen molar-refractivity contribution in [3.8, 4) is 11.1 Å². The lowest BCUT2D eigenvalue weighted by Gasteiger charge is -2.33. The molecule has 2 saturated heterocycles. The number of hydrogen-bond donors (Lipinski definition) is 3. The first-order chi connectivity index (χ1) is 18.5. The van der Waals surface area contributed by atoms with Gasteiger partial charge in [0.15, 0.2) is 0 Å². The number of anilines is 1. The van der Waals surface area contributed by atoms with Crippen LogP contribution in [0, 0.1) is 0 Å². The smallest absolute Gasteiger partial charge is 0.243 e. The van der Waals surface area contributed by atoms with Gasteiger partial charge in [-0.2, -0.15) is 12.6 Å². The van der Waals surface area contributed by atoms with E-state index in [1.807, 2.05) is 18.3 Å². The van der Waals surface area contributed by atoms with Gasteiger partial charge in [-0.05, 0) is 53.6 Å². The number of carbonyl (C=O) groups excluding carboxylic acids is 2. The Hall–Kier alpha value is -3.20. The van der Waals surface area contributed by atoms with E-state index in [0.717, 1.165) is 43.9 Å². The Kier molecular flexibility index (Phi) is 7.19. The summed E-state index contributed by atoms with van der Waals surface area (Å²) in [7, 11) is 0. The summed E-state index contributed by atoms with van der Waals surface area (Å²) in [6, 6.07) is 21.3. The fourth-order valence-corrected chi connectivity index (χ4v) is 6.41. The molecule has 38 heavy (non-hydrogen) atoms. The molecule has 8 heteroatoms. The second-order valence-corrected chi connectivity index (χ2v) is 11.0. The van der Waals surface area contributed by atoms with Gasteiger partial charge in [0.25, 0.3) is 0 Å². The van der Waals surface area contributed by atoms with Gasteiger partial charge in [-0.3, -0.25) is 24.7 Å². The van der Waals surface area contributed by atoms with Gasteiger partial charge in [-0.1, -0.05) is 48.5 Å². The molecule has 0 spiro atoms. The zero-order chi connectivity index (χ0) is 26.1. The Morgan fingerprint density at radius 1 is 1.00 bits per heavy atom. The van der Waals surface area contributed by atoms with Crippen molar-refractivity contribution in [2.24, 2.45) is 0 Å². The number of benzene rings is 2. The quantitative estimate of drug-likeness (QED) is 0.326. The monoisotopic (exact) mass is 527 g/mol. The highest BCUT2D eigenvalue weighted by atomic mass is 32.1. The van der Waals surface area contributed by atoms with E-state index >= 15 is 0 Å². The van der Waals surface area contributed by atoms with Crippen LogP contribution < -0.4 is 10.6 Å². The van der Waals surface area contributed by atoms with Crippen LogP contribution in [-0.2, 0) is 22.7 Å². The number of hydrogen-bond acceptors (Lipinski definition) is 7. The molecule has 6 rings (SSSR count). The number of piperidine rings is 2. The average molecular weight is 528 g/mol. The number of nitrogens with one attached hydrogen (secondary N) is 2. The summed E-state index contributed by atoms with van der Waals surface area (Å²) < 4.78 is 0. The first-order valence-electron chi connectivity index (χ1n) is 13.4. The van der Waals surface area contributed by atoms with Gasteiger partial charge >= 0.3 is 0 Å². The van der Waals surface area contributed by atoms with Crippen LogP contribution >= 0.6 is 12.6 Å². The van der Waals surface area contributed by atoms with Crippen molar-refractivity contribution in [1.29, 1.82) is 0 Å². The van der Waals surface area contributed by atoms with E-state index in [-0.39, 0.29) is 23.2 Å². The highest BCUT2D eigenvalue weighted by molar-refractivity contribution is 7.80. The van der Waals surface area contributed by atoms with Gasteiger partial charge in [0, 0.05) is 50.4 Å². The van der Waals surface area contributed by atoms with Crippen molar-refractivity contribution in [3.05, 3.63) is 83.6 Å². The lowest BCUT2D eigenvalue weighted by Crippen LogP contribution is -2.51. The summed E-state index contributed by atoms with van der Waals surface area (Å²) in [6.07, 6.45) is 4.92. The summed E-state index contributed by atoms with van der Waals surface area (Å²) in [4.78, 5) is 33.3. The maximum Gasteiger partial charge on any atom is 0.243 e. The Bertz CT molecular complexity index is 1330. The fourth-order valence-electron chi connectivity index (χ4n) is 5.93. The molecule has 4 heterocycles. The maximum absolute atomic E-state index is 12.4. The van der Waals surface area contributed by atoms with Gasteiger partial charge in [-0.15, -0.1) is 0 Å². The van der Waals surface area contributed by atoms with Crippen LogP contribution in [-0.4, -0.2) is 51.8 Å². The van der Waals surface area contributed by atoms with Crippen molar-refractivity contribution in [1.82, 2.24) is 20.1 Å². The average Bonchev–Trinajstić information content (AvgIpc) is 3.26. The zero-order valence-electron chi connectivity index (χ0n) is 21.3. The molecule has 2 N–H and O–H groups in total. The summed E-state index contributed by atoms with van der Waals surface area (Å²) in [5, 5.41) is 6.05. The Labute approximate surface area is 229 Å². The molecule has 3 aliphatic rings. The Morgan fingerprint density at radius 3 is 2.61 bits per heavy atom. The van der Waals surface area contributed by atoms with Crippen LogP contribution in [0.5, 0.6) is 0 Å². The minimum Gasteiger partial charge on any atom is -0.367 e. The first kappa shape index (κ1) is 25.1. The van der Waals surface area contributed by atoms with Crippen LogP contribution in [0.1, 0.15) is 47.7 Å². The third-order valence-corrected chi connectivity index (χ3v) is 8.57. The van der Waals surface area contributed by atoms with E-state index in [9.17, 15) is 9.59 Å². The number of aromatic nitrogens is 1. The minimum absolute atomic E-state index is 0.138. The number of imide groups is 1. The van der Waals surface area contributed by atoms with Gasteiger partial charge in [0.05, 0.1) is 11.4 Å². The van der Waals surface area contributed by atoms with Crippen LogP contribution in [0.4, 0.5) is 5.82 Å². The van der Waals surface area contributed by atoms with E-state index < -0.39 is 0 Å². The van der Waals surface area contributed by atoms with Gasteiger partial charge in [0.1, 0.15) is 5.82 Å². The number of thiol groups is 1. The topological polar surface area (TPSA) is 77.6 Å². The SMILES string of the molecule is O=C1CCC(N2Cc3ccc(CN4CCC(Nc5ncccc5-c5ccccc5)CC4)cc3C2S)C(=O)N1. The Morgan fingerprint density at radius 2 is 1.82 bits per heavy atom.